The largest absolute Gasteiger partial charge is 0.259 e. The number of hydrogen-bond donors (Lipinski definition) is 0. The minimum Gasteiger partial charge on any atom is -0.259 e. The molecule has 1 rings (SSSR count). The van der Waals surface area contributed by atoms with Crippen LogP contribution in [0.2, 0.25) is 0 Å². The molecule has 0 amide bonds. The average Bonchev–Trinajstić information content (AvgIpc) is 1.88. The molecular formula is C7H11NO2. The molecule has 0 aromatic heterocycles. The van der Waals surface area contributed by atoms with Crippen molar-refractivity contribution >= 4 is 0 Å². The van der Waals surface area contributed by atoms with Crippen molar-refractivity contribution in [2.24, 2.45) is 5.92 Å². The van der Waals surface area contributed by atoms with Gasteiger partial charge in [-0.3, -0.25) is 10.1 Å². The summed E-state index contributed by atoms with van der Waals surface area (Å²) in [7, 11) is 0. The van der Waals surface area contributed by atoms with E-state index in [4.69, 9.17) is 0 Å². The van der Waals surface area contributed by atoms with E-state index in [0.717, 1.165) is 12.8 Å². The summed E-state index contributed by atoms with van der Waals surface area (Å²) in [5, 5.41) is 10.2. The highest BCUT2D eigenvalue weighted by molar-refractivity contribution is 4.98. The normalized spacial score (nSPS) is 25.7. The molecule has 0 saturated carbocycles. The van der Waals surface area contributed by atoms with Crippen LogP contribution in [0.25, 0.3) is 0 Å². The topological polar surface area (TPSA) is 43.1 Å². The molecule has 0 saturated heterocycles. The highest BCUT2D eigenvalue weighted by Gasteiger charge is 2.17. The highest BCUT2D eigenvalue weighted by atomic mass is 16.6. The summed E-state index contributed by atoms with van der Waals surface area (Å²) in [6.07, 6.45) is 4.48. The molecule has 56 valence electrons. The molecule has 0 fully saturated rings. The number of rotatable bonds is 1. The monoisotopic (exact) mass is 141 g/mol. The van der Waals surface area contributed by atoms with Crippen molar-refractivity contribution < 1.29 is 4.92 Å². The Bertz CT molecular complexity index is 174. The standard InChI is InChI=1S/C7H11NO2/c1-6-3-2-4-7(5-6)8(9)10/h5-6H,2-4H2,1H3. The lowest BCUT2D eigenvalue weighted by Gasteiger charge is -2.10. The molecule has 0 bridgehead atoms. The zero-order chi connectivity index (χ0) is 7.56. The van der Waals surface area contributed by atoms with E-state index < -0.39 is 0 Å². The lowest BCUT2D eigenvalue weighted by atomic mass is 9.96. The van der Waals surface area contributed by atoms with Gasteiger partial charge in [-0.15, -0.1) is 0 Å². The number of allylic oxidation sites excluding steroid dienone is 2. The van der Waals surface area contributed by atoms with E-state index in [9.17, 15) is 10.1 Å². The fraction of sp³-hybridized carbons (Fsp3) is 0.714. The van der Waals surface area contributed by atoms with Crippen LogP contribution in [0.1, 0.15) is 26.2 Å². The molecule has 3 nitrogen and oxygen atoms in total. The predicted molar refractivity (Wildman–Crippen MR) is 38.1 cm³/mol. The van der Waals surface area contributed by atoms with Gasteiger partial charge in [-0.2, -0.15) is 0 Å². The van der Waals surface area contributed by atoms with Crippen LogP contribution in [0.3, 0.4) is 0 Å². The Morgan fingerprint density at radius 3 is 2.90 bits per heavy atom. The maximum absolute atomic E-state index is 10.2. The Balaban J connectivity index is 2.66. The highest BCUT2D eigenvalue weighted by Crippen LogP contribution is 2.21. The molecule has 0 radical (unpaired) electrons. The maximum atomic E-state index is 10.2. The van der Waals surface area contributed by atoms with Crippen LogP contribution in [-0.2, 0) is 0 Å². The third-order valence-corrected chi connectivity index (χ3v) is 1.80. The molecule has 0 spiro atoms. The second-order valence-corrected chi connectivity index (χ2v) is 2.78. The fourth-order valence-corrected chi connectivity index (χ4v) is 1.25. The van der Waals surface area contributed by atoms with Crippen molar-refractivity contribution in [3.63, 3.8) is 0 Å². The van der Waals surface area contributed by atoms with Crippen molar-refractivity contribution in [3.8, 4) is 0 Å². The van der Waals surface area contributed by atoms with Gasteiger partial charge in [0, 0.05) is 6.42 Å². The van der Waals surface area contributed by atoms with E-state index in [0.29, 0.717) is 18.0 Å². The number of nitrogens with zero attached hydrogens (tertiary/aromatic N) is 1. The van der Waals surface area contributed by atoms with Crippen molar-refractivity contribution in [1.82, 2.24) is 0 Å². The maximum Gasteiger partial charge on any atom is 0.242 e. The van der Waals surface area contributed by atoms with Gasteiger partial charge >= 0.3 is 0 Å². The molecule has 0 aromatic carbocycles. The average molecular weight is 141 g/mol. The molecule has 1 atom stereocenters. The van der Waals surface area contributed by atoms with Gasteiger partial charge in [0.15, 0.2) is 0 Å². The Labute approximate surface area is 59.9 Å². The van der Waals surface area contributed by atoms with E-state index in [1.807, 2.05) is 6.92 Å². The zero-order valence-corrected chi connectivity index (χ0v) is 6.04. The van der Waals surface area contributed by atoms with Crippen LogP contribution in [0.15, 0.2) is 11.8 Å². The smallest absolute Gasteiger partial charge is 0.242 e. The quantitative estimate of drug-likeness (QED) is 0.414. The zero-order valence-electron chi connectivity index (χ0n) is 6.04. The van der Waals surface area contributed by atoms with Crippen molar-refractivity contribution in [2.75, 3.05) is 0 Å². The number of nitro groups is 1. The van der Waals surface area contributed by atoms with Crippen LogP contribution in [0, 0.1) is 16.0 Å². The van der Waals surface area contributed by atoms with Gasteiger partial charge in [0.1, 0.15) is 0 Å². The van der Waals surface area contributed by atoms with E-state index in [2.05, 4.69) is 0 Å². The van der Waals surface area contributed by atoms with Gasteiger partial charge in [-0.25, -0.2) is 0 Å². The molecular weight excluding hydrogens is 130 g/mol. The molecule has 0 aliphatic heterocycles. The lowest BCUT2D eigenvalue weighted by Crippen LogP contribution is -2.07. The molecule has 1 aliphatic rings. The Morgan fingerprint density at radius 1 is 1.80 bits per heavy atom. The Hall–Kier alpha value is -0.860. The van der Waals surface area contributed by atoms with E-state index in [1.54, 1.807) is 6.08 Å². The summed E-state index contributed by atoms with van der Waals surface area (Å²) in [6, 6.07) is 0. The van der Waals surface area contributed by atoms with E-state index in [-0.39, 0.29) is 4.92 Å². The van der Waals surface area contributed by atoms with Crippen molar-refractivity contribution in [1.29, 1.82) is 0 Å². The second kappa shape index (κ2) is 2.82. The first kappa shape index (κ1) is 7.25. The Kier molecular flexibility index (Phi) is 2.04. The van der Waals surface area contributed by atoms with E-state index >= 15 is 0 Å². The van der Waals surface area contributed by atoms with Crippen LogP contribution in [-0.4, -0.2) is 4.92 Å². The first-order valence-electron chi connectivity index (χ1n) is 3.55. The third-order valence-electron chi connectivity index (χ3n) is 1.80. The second-order valence-electron chi connectivity index (χ2n) is 2.78. The lowest BCUT2D eigenvalue weighted by molar-refractivity contribution is -0.429. The fourth-order valence-electron chi connectivity index (χ4n) is 1.25. The molecule has 0 heterocycles. The minimum absolute atomic E-state index is 0.268. The van der Waals surface area contributed by atoms with E-state index in [1.165, 1.54) is 0 Å². The van der Waals surface area contributed by atoms with Gasteiger partial charge in [-0.05, 0) is 24.8 Å². The third kappa shape index (κ3) is 1.56. The summed E-state index contributed by atoms with van der Waals surface area (Å²) >= 11 is 0. The van der Waals surface area contributed by atoms with Gasteiger partial charge in [0.2, 0.25) is 5.70 Å². The summed E-state index contributed by atoms with van der Waals surface area (Å²) < 4.78 is 0. The van der Waals surface area contributed by atoms with Crippen LogP contribution < -0.4 is 0 Å². The van der Waals surface area contributed by atoms with Crippen LogP contribution >= 0.6 is 0 Å². The SMILES string of the molecule is CC1C=C([N+](=O)[O-])CCC1. The summed E-state index contributed by atoms with van der Waals surface area (Å²) in [5.41, 5.74) is 0.402. The van der Waals surface area contributed by atoms with Crippen molar-refractivity contribution in [3.05, 3.63) is 21.9 Å². The van der Waals surface area contributed by atoms with Gasteiger partial charge in [0.25, 0.3) is 0 Å². The van der Waals surface area contributed by atoms with Gasteiger partial charge in [-0.1, -0.05) is 6.92 Å². The molecule has 3 heteroatoms. The van der Waals surface area contributed by atoms with Crippen LogP contribution in [0.4, 0.5) is 0 Å². The summed E-state index contributed by atoms with van der Waals surface area (Å²) in [5.74, 6) is 0.397. The molecule has 1 unspecified atom stereocenters. The molecule has 0 aromatic rings. The van der Waals surface area contributed by atoms with Gasteiger partial charge in [0.05, 0.1) is 4.92 Å². The van der Waals surface area contributed by atoms with Gasteiger partial charge < -0.3 is 0 Å². The molecule has 10 heavy (non-hydrogen) atoms. The predicted octanol–water partition coefficient (Wildman–Crippen LogP) is 1.97. The van der Waals surface area contributed by atoms with Crippen molar-refractivity contribution in [2.45, 2.75) is 26.2 Å². The minimum atomic E-state index is -0.268. The van der Waals surface area contributed by atoms with Crippen LogP contribution in [0.5, 0.6) is 0 Å². The first-order valence-corrected chi connectivity index (χ1v) is 3.55. The summed E-state index contributed by atoms with van der Waals surface area (Å²) in [6.45, 7) is 2.02. The Morgan fingerprint density at radius 2 is 2.50 bits per heavy atom. The number of hydrogen-bond acceptors (Lipinski definition) is 2. The first-order chi connectivity index (χ1) is 4.70. The molecule has 0 N–H and O–H groups in total. The summed E-state index contributed by atoms with van der Waals surface area (Å²) in [4.78, 5) is 9.97. The molecule has 1 aliphatic carbocycles.